The number of esters is 1. The number of nitro groups is 1. The number of non-ortho nitro benzene ring substituents is 1. The van der Waals surface area contributed by atoms with Gasteiger partial charge in [0.1, 0.15) is 0 Å². The van der Waals surface area contributed by atoms with Crippen LogP contribution in [-0.2, 0) is 4.79 Å². The lowest BCUT2D eigenvalue weighted by Gasteiger charge is -2.17. The monoisotopic (exact) mass is 315 g/mol. The number of rotatable bonds is 6. The lowest BCUT2D eigenvalue weighted by molar-refractivity contribution is -0.384. The number of carbonyl (C=O) groups is 2. The van der Waals surface area contributed by atoms with Crippen molar-refractivity contribution in [3.8, 4) is 5.75 Å². The third-order valence-electron chi connectivity index (χ3n) is 2.58. The van der Waals surface area contributed by atoms with E-state index in [-0.39, 0.29) is 23.5 Å². The molecule has 1 N–H and O–H groups in total. The molecule has 0 aliphatic rings. The van der Waals surface area contributed by atoms with E-state index in [1.165, 1.54) is 19.2 Å². The lowest BCUT2D eigenvalue weighted by Crippen LogP contribution is -2.22. The predicted octanol–water partition coefficient (Wildman–Crippen LogP) is 1.90. The number of anilines is 1. The van der Waals surface area contributed by atoms with Crippen molar-refractivity contribution in [1.82, 2.24) is 5.32 Å². The molecule has 0 radical (unpaired) electrons. The summed E-state index contributed by atoms with van der Waals surface area (Å²) in [6, 6.07) is 3.55. The van der Waals surface area contributed by atoms with Crippen molar-refractivity contribution >= 4 is 34.3 Å². The largest absolute Gasteiger partial charge is 0.424 e. The van der Waals surface area contributed by atoms with Gasteiger partial charge < -0.3 is 10.1 Å². The molecule has 0 atom stereocenters. The van der Waals surface area contributed by atoms with E-state index in [1.54, 1.807) is 7.05 Å². The van der Waals surface area contributed by atoms with Crippen LogP contribution in [0.5, 0.6) is 5.75 Å². The minimum atomic E-state index is -0.809. The number of carbonyl (C=O) groups excluding carboxylic acids is 2. The van der Waals surface area contributed by atoms with E-state index in [9.17, 15) is 19.7 Å². The highest BCUT2D eigenvalue weighted by Gasteiger charge is 2.19. The molecule has 1 amide bonds. The maximum absolute atomic E-state index is 11.6. The fourth-order valence-corrected chi connectivity index (χ4v) is 1.56. The van der Waals surface area contributed by atoms with Gasteiger partial charge in [0.05, 0.1) is 23.1 Å². The van der Waals surface area contributed by atoms with Gasteiger partial charge in [0.25, 0.3) is 5.69 Å². The summed E-state index contributed by atoms with van der Waals surface area (Å²) in [6.07, 6.45) is 0.0805. The SMILES string of the molecule is CNCCC(=O)Oc1cc([N+](=O)[O-])ccc1N(C)C(=O)Cl. The molecule has 0 bridgehead atoms. The van der Waals surface area contributed by atoms with Crippen LogP contribution in [0, 0.1) is 10.1 Å². The van der Waals surface area contributed by atoms with Crippen LogP contribution in [0.15, 0.2) is 18.2 Å². The fraction of sp³-hybridized carbons (Fsp3) is 0.333. The van der Waals surface area contributed by atoms with E-state index >= 15 is 0 Å². The van der Waals surface area contributed by atoms with Crippen LogP contribution in [0.25, 0.3) is 0 Å². The van der Waals surface area contributed by atoms with E-state index < -0.39 is 16.3 Å². The van der Waals surface area contributed by atoms with Crippen LogP contribution in [0.2, 0.25) is 0 Å². The van der Waals surface area contributed by atoms with E-state index in [2.05, 4.69) is 5.32 Å². The predicted molar refractivity (Wildman–Crippen MR) is 76.9 cm³/mol. The topological polar surface area (TPSA) is 102 Å². The second kappa shape index (κ2) is 7.55. The smallest absolute Gasteiger partial charge is 0.320 e. The Morgan fingerprint density at radius 3 is 2.67 bits per heavy atom. The van der Waals surface area contributed by atoms with Gasteiger partial charge in [-0.1, -0.05) is 0 Å². The van der Waals surface area contributed by atoms with Crippen molar-refractivity contribution in [1.29, 1.82) is 0 Å². The number of ether oxygens (including phenoxy) is 1. The third-order valence-corrected chi connectivity index (χ3v) is 2.84. The van der Waals surface area contributed by atoms with Crippen molar-refractivity contribution in [3.63, 3.8) is 0 Å². The summed E-state index contributed by atoms with van der Waals surface area (Å²) in [7, 11) is 3.04. The molecule has 0 saturated carbocycles. The Morgan fingerprint density at radius 1 is 1.48 bits per heavy atom. The standard InChI is InChI=1S/C12H14ClN3O5/c1-14-6-5-11(17)21-10-7-8(16(19)20)3-4-9(10)15(2)12(13)18/h3-4,7,14H,5-6H2,1-2H3. The molecule has 0 spiro atoms. The molecule has 21 heavy (non-hydrogen) atoms. The molecule has 0 unspecified atom stereocenters. The lowest BCUT2D eigenvalue weighted by atomic mass is 10.2. The van der Waals surface area contributed by atoms with Crippen LogP contribution in [-0.4, -0.2) is 36.9 Å². The van der Waals surface area contributed by atoms with Crippen LogP contribution >= 0.6 is 11.6 Å². The van der Waals surface area contributed by atoms with Crippen molar-refractivity contribution in [3.05, 3.63) is 28.3 Å². The average Bonchev–Trinajstić information content (AvgIpc) is 2.44. The molecule has 1 aromatic carbocycles. The molecule has 9 heteroatoms. The number of hydrogen-bond acceptors (Lipinski definition) is 6. The first-order valence-electron chi connectivity index (χ1n) is 5.93. The Hall–Kier alpha value is -2.19. The Bertz CT molecular complexity index is 564. The van der Waals surface area contributed by atoms with Gasteiger partial charge in [0.15, 0.2) is 5.75 Å². The maximum Gasteiger partial charge on any atom is 0.320 e. The molecule has 0 aliphatic carbocycles. The molecule has 1 rings (SSSR count). The van der Waals surface area contributed by atoms with E-state index in [0.29, 0.717) is 6.54 Å². The van der Waals surface area contributed by atoms with Crippen LogP contribution in [0.3, 0.4) is 0 Å². The Balaban J connectivity index is 3.10. The minimum absolute atomic E-state index is 0.0805. The molecular weight excluding hydrogens is 302 g/mol. The van der Waals surface area contributed by atoms with Gasteiger partial charge in [-0.3, -0.25) is 24.6 Å². The molecular formula is C12H14ClN3O5. The van der Waals surface area contributed by atoms with Gasteiger partial charge in [-0.15, -0.1) is 0 Å². The van der Waals surface area contributed by atoms with Gasteiger partial charge in [0.2, 0.25) is 0 Å². The number of hydrogen-bond donors (Lipinski definition) is 1. The first-order valence-corrected chi connectivity index (χ1v) is 6.31. The number of nitrogens with zero attached hydrogens (tertiary/aromatic N) is 2. The summed E-state index contributed by atoms with van der Waals surface area (Å²) in [5.41, 5.74) is -0.0935. The van der Waals surface area contributed by atoms with Gasteiger partial charge in [-0.2, -0.15) is 0 Å². The van der Waals surface area contributed by atoms with Gasteiger partial charge in [-0.05, 0) is 24.7 Å². The van der Waals surface area contributed by atoms with Gasteiger partial charge in [-0.25, -0.2) is 0 Å². The number of amides is 1. The van der Waals surface area contributed by atoms with Crippen LogP contribution in [0.4, 0.5) is 16.2 Å². The molecule has 114 valence electrons. The van der Waals surface area contributed by atoms with E-state index in [4.69, 9.17) is 16.3 Å². The van der Waals surface area contributed by atoms with Crippen molar-refractivity contribution in [2.24, 2.45) is 0 Å². The normalized spacial score (nSPS) is 10.0. The molecule has 0 aliphatic heterocycles. The average molecular weight is 316 g/mol. The van der Waals surface area contributed by atoms with Crippen LogP contribution < -0.4 is 15.0 Å². The molecule has 0 fully saturated rings. The zero-order valence-electron chi connectivity index (χ0n) is 11.5. The Kier molecular flexibility index (Phi) is 6.07. The Morgan fingerprint density at radius 2 is 2.14 bits per heavy atom. The number of nitro benzene ring substituents is 1. The summed E-state index contributed by atoms with van der Waals surface area (Å²) < 4.78 is 5.07. The zero-order valence-corrected chi connectivity index (χ0v) is 12.2. The fourth-order valence-electron chi connectivity index (χ4n) is 1.47. The highest BCUT2D eigenvalue weighted by molar-refractivity contribution is 6.66. The molecule has 0 saturated heterocycles. The zero-order chi connectivity index (χ0) is 16.0. The molecule has 1 aromatic rings. The quantitative estimate of drug-likeness (QED) is 0.215. The van der Waals surface area contributed by atoms with Gasteiger partial charge >= 0.3 is 11.3 Å². The summed E-state index contributed by atoms with van der Waals surface area (Å²) in [5.74, 6) is -0.677. The van der Waals surface area contributed by atoms with E-state index in [0.717, 1.165) is 11.0 Å². The number of nitrogens with one attached hydrogen (secondary N) is 1. The summed E-state index contributed by atoms with van der Waals surface area (Å²) in [5, 5.41) is 12.7. The van der Waals surface area contributed by atoms with Gasteiger partial charge in [0, 0.05) is 19.7 Å². The highest BCUT2D eigenvalue weighted by Crippen LogP contribution is 2.32. The first kappa shape index (κ1) is 16.9. The molecule has 8 nitrogen and oxygen atoms in total. The summed E-state index contributed by atoms with van der Waals surface area (Å²) in [4.78, 5) is 34.0. The Labute approximate surface area is 125 Å². The maximum atomic E-state index is 11.6. The second-order valence-electron chi connectivity index (χ2n) is 4.05. The minimum Gasteiger partial charge on any atom is -0.424 e. The number of halogens is 1. The number of benzene rings is 1. The third kappa shape index (κ3) is 4.69. The van der Waals surface area contributed by atoms with Crippen molar-refractivity contribution in [2.75, 3.05) is 25.5 Å². The first-order chi connectivity index (χ1) is 9.86. The van der Waals surface area contributed by atoms with E-state index in [1.807, 2.05) is 0 Å². The van der Waals surface area contributed by atoms with Crippen molar-refractivity contribution < 1.29 is 19.2 Å². The summed E-state index contributed by atoms with van der Waals surface area (Å²) in [6.45, 7) is 0.396. The van der Waals surface area contributed by atoms with Crippen molar-refractivity contribution in [2.45, 2.75) is 6.42 Å². The summed E-state index contributed by atoms with van der Waals surface area (Å²) >= 11 is 5.36. The molecule has 0 heterocycles. The highest BCUT2D eigenvalue weighted by atomic mass is 35.5. The van der Waals surface area contributed by atoms with Crippen LogP contribution in [0.1, 0.15) is 6.42 Å². The molecule has 0 aromatic heterocycles. The second-order valence-corrected chi connectivity index (χ2v) is 4.37.